The number of morpholine rings is 1. The van der Waals surface area contributed by atoms with Crippen molar-refractivity contribution in [3.05, 3.63) is 63.7 Å². The molecule has 2 aliphatic rings. The normalized spacial score (nSPS) is 19.6. The fraction of sp³-hybridized carbons (Fsp3) is 0.467. The fourth-order valence-electron chi connectivity index (χ4n) is 5.42. The van der Waals surface area contributed by atoms with Gasteiger partial charge in [0.1, 0.15) is 11.5 Å². The molecule has 14 heteroatoms. The van der Waals surface area contributed by atoms with Gasteiger partial charge in [0, 0.05) is 68.9 Å². The molecule has 4 heterocycles. The van der Waals surface area contributed by atoms with Gasteiger partial charge in [-0.2, -0.15) is 0 Å². The van der Waals surface area contributed by atoms with Crippen LogP contribution in [0.2, 0.25) is 0 Å². The standard InChI is InChI=1S/C30H35F4N7O3/c1-16(2)23-15-41(9-10-44-23)30-35-6-5-21(37-30)25-20(31)12-22(40-8-7-39(4)17(3)14-40)27(26(25)32)38-29(43)19-13-36-24(42)11-18(19)28(33)34/h5-6,11-13,16-17,23,28H,7-10,14-15H2,1-4H3,(H,36,42)(H,38,43). The third-order valence-electron chi connectivity index (χ3n) is 8.19. The van der Waals surface area contributed by atoms with Crippen molar-refractivity contribution in [2.75, 3.05) is 61.5 Å². The van der Waals surface area contributed by atoms with Gasteiger partial charge in [0.05, 0.1) is 35.2 Å². The van der Waals surface area contributed by atoms with Gasteiger partial charge in [0.25, 0.3) is 12.3 Å². The van der Waals surface area contributed by atoms with Crippen LogP contribution in [0.1, 0.15) is 43.1 Å². The van der Waals surface area contributed by atoms with E-state index in [1.165, 1.54) is 12.3 Å². The molecule has 1 aromatic carbocycles. The lowest BCUT2D eigenvalue weighted by Gasteiger charge is -2.39. The first-order valence-electron chi connectivity index (χ1n) is 14.4. The second-order valence-electron chi connectivity index (χ2n) is 11.5. The summed E-state index contributed by atoms with van der Waals surface area (Å²) < 4.78 is 65.8. The van der Waals surface area contributed by atoms with E-state index < -0.39 is 46.2 Å². The number of piperazine rings is 1. The van der Waals surface area contributed by atoms with Gasteiger partial charge in [-0.05, 0) is 26.0 Å². The maximum absolute atomic E-state index is 16.6. The molecule has 236 valence electrons. The summed E-state index contributed by atoms with van der Waals surface area (Å²) in [6.07, 6.45) is -0.954. The highest BCUT2D eigenvalue weighted by atomic mass is 19.3. The molecule has 2 unspecified atom stereocenters. The van der Waals surface area contributed by atoms with Crippen molar-refractivity contribution in [2.24, 2.45) is 5.92 Å². The fourth-order valence-corrected chi connectivity index (χ4v) is 5.42. The maximum Gasteiger partial charge on any atom is 0.264 e. The van der Waals surface area contributed by atoms with Crippen LogP contribution in [0.15, 0.2) is 35.4 Å². The summed E-state index contributed by atoms with van der Waals surface area (Å²) in [7, 11) is 1.93. The summed E-state index contributed by atoms with van der Waals surface area (Å²) in [6, 6.07) is 3.13. The van der Waals surface area contributed by atoms with Gasteiger partial charge < -0.3 is 29.7 Å². The van der Waals surface area contributed by atoms with Crippen LogP contribution in [0.4, 0.5) is 34.9 Å². The van der Waals surface area contributed by atoms with Crippen molar-refractivity contribution in [1.82, 2.24) is 19.9 Å². The first kappa shape index (κ1) is 31.4. The van der Waals surface area contributed by atoms with Crippen LogP contribution in [-0.2, 0) is 4.74 Å². The number of halogens is 4. The van der Waals surface area contributed by atoms with Crippen molar-refractivity contribution in [2.45, 2.75) is 39.3 Å². The van der Waals surface area contributed by atoms with Crippen molar-refractivity contribution in [3.8, 4) is 11.3 Å². The average Bonchev–Trinajstić information content (AvgIpc) is 3.00. The molecule has 2 saturated heterocycles. The zero-order chi connectivity index (χ0) is 31.7. The second kappa shape index (κ2) is 12.9. The van der Waals surface area contributed by atoms with E-state index in [1.807, 2.05) is 32.7 Å². The third-order valence-corrected chi connectivity index (χ3v) is 8.19. The van der Waals surface area contributed by atoms with Crippen molar-refractivity contribution in [1.29, 1.82) is 0 Å². The molecular weight excluding hydrogens is 582 g/mol. The third kappa shape index (κ3) is 6.41. The molecule has 10 nitrogen and oxygen atoms in total. The molecule has 2 aromatic heterocycles. The number of likely N-dealkylation sites (N-methyl/N-ethyl adjacent to an activating group) is 1. The maximum atomic E-state index is 16.6. The van der Waals surface area contributed by atoms with Gasteiger partial charge in [0.15, 0.2) is 5.82 Å². The van der Waals surface area contributed by atoms with E-state index in [9.17, 15) is 18.4 Å². The Hall–Kier alpha value is -4.04. The molecule has 2 aliphatic heterocycles. The molecule has 5 rings (SSSR count). The minimum atomic E-state index is -3.14. The highest BCUT2D eigenvalue weighted by Crippen LogP contribution is 2.39. The number of alkyl halides is 2. The number of aromatic nitrogens is 3. The van der Waals surface area contributed by atoms with Gasteiger partial charge in [-0.1, -0.05) is 13.8 Å². The average molecular weight is 618 g/mol. The summed E-state index contributed by atoms with van der Waals surface area (Å²) in [5, 5.41) is 2.41. The smallest absolute Gasteiger partial charge is 0.264 e. The van der Waals surface area contributed by atoms with Crippen LogP contribution in [0.25, 0.3) is 11.3 Å². The lowest BCUT2D eigenvalue weighted by atomic mass is 10.0. The zero-order valence-electron chi connectivity index (χ0n) is 24.9. The molecule has 2 N–H and O–H groups in total. The number of carbonyl (C=O) groups excluding carboxylic acids is 1. The molecule has 1 amide bonds. The molecule has 2 fully saturated rings. The van der Waals surface area contributed by atoms with Gasteiger partial charge >= 0.3 is 0 Å². The number of aromatic amines is 1. The minimum Gasteiger partial charge on any atom is -0.374 e. The summed E-state index contributed by atoms with van der Waals surface area (Å²) in [5.41, 5.74) is -3.06. The number of anilines is 3. The molecule has 3 aromatic rings. The number of hydrogen-bond acceptors (Lipinski definition) is 8. The second-order valence-corrected chi connectivity index (χ2v) is 11.5. The summed E-state index contributed by atoms with van der Waals surface area (Å²) in [6.45, 7) is 8.83. The van der Waals surface area contributed by atoms with E-state index >= 15 is 8.78 Å². The first-order chi connectivity index (χ1) is 20.9. The number of hydrogen-bond donors (Lipinski definition) is 2. The van der Waals surface area contributed by atoms with Crippen LogP contribution in [0, 0.1) is 17.6 Å². The van der Waals surface area contributed by atoms with Gasteiger partial charge in [-0.3, -0.25) is 9.59 Å². The Morgan fingerprint density at radius 2 is 1.91 bits per heavy atom. The molecule has 2 atom stereocenters. The summed E-state index contributed by atoms with van der Waals surface area (Å²) in [5.74, 6) is -2.61. The Morgan fingerprint density at radius 3 is 2.61 bits per heavy atom. The van der Waals surface area contributed by atoms with Gasteiger partial charge in [0.2, 0.25) is 11.5 Å². The Bertz CT molecular complexity index is 1580. The van der Waals surface area contributed by atoms with E-state index in [2.05, 4.69) is 25.2 Å². The van der Waals surface area contributed by atoms with Gasteiger partial charge in [-0.15, -0.1) is 0 Å². The molecule has 44 heavy (non-hydrogen) atoms. The van der Waals surface area contributed by atoms with Crippen LogP contribution in [0.5, 0.6) is 0 Å². The van der Waals surface area contributed by atoms with Crippen molar-refractivity contribution in [3.63, 3.8) is 0 Å². The quantitative estimate of drug-likeness (QED) is 0.378. The highest BCUT2D eigenvalue weighted by Gasteiger charge is 2.31. The van der Waals surface area contributed by atoms with Crippen LogP contribution >= 0.6 is 0 Å². The molecule has 0 spiro atoms. The SMILES string of the molecule is CC(C)C1CN(c2nccc(-c3c(F)cc(N4CCN(C)C(C)C4)c(NC(=O)c4c[nH]c(=O)cc4C(F)F)c3F)n2)CCO1. The predicted octanol–water partition coefficient (Wildman–Crippen LogP) is 4.30. The number of nitrogens with zero attached hydrogens (tertiary/aromatic N) is 5. The number of ether oxygens (including phenoxy) is 1. The lowest BCUT2D eigenvalue weighted by molar-refractivity contribution is 0.0109. The number of nitrogens with one attached hydrogen (secondary N) is 2. The van der Waals surface area contributed by atoms with Gasteiger partial charge in [-0.25, -0.2) is 27.5 Å². The largest absolute Gasteiger partial charge is 0.374 e. The molecule has 0 bridgehead atoms. The lowest BCUT2D eigenvalue weighted by Crippen LogP contribution is -2.50. The van der Waals surface area contributed by atoms with E-state index in [4.69, 9.17) is 4.74 Å². The molecule has 0 aliphatic carbocycles. The Morgan fingerprint density at radius 1 is 1.14 bits per heavy atom. The van der Waals surface area contributed by atoms with E-state index in [0.29, 0.717) is 45.4 Å². The summed E-state index contributed by atoms with van der Waals surface area (Å²) >= 11 is 0. The zero-order valence-corrected chi connectivity index (χ0v) is 24.9. The van der Waals surface area contributed by atoms with Crippen LogP contribution in [0.3, 0.4) is 0 Å². The van der Waals surface area contributed by atoms with Crippen LogP contribution < -0.4 is 20.7 Å². The van der Waals surface area contributed by atoms with Crippen molar-refractivity contribution >= 4 is 23.2 Å². The molecule has 0 radical (unpaired) electrons. The Kier molecular flexibility index (Phi) is 9.20. The predicted molar refractivity (Wildman–Crippen MR) is 158 cm³/mol. The summed E-state index contributed by atoms with van der Waals surface area (Å²) in [4.78, 5) is 41.7. The number of rotatable bonds is 7. The van der Waals surface area contributed by atoms with E-state index in [-0.39, 0.29) is 41.1 Å². The van der Waals surface area contributed by atoms with E-state index in [0.717, 1.165) is 12.3 Å². The Balaban J connectivity index is 1.58. The number of benzene rings is 1. The number of amides is 1. The minimum absolute atomic E-state index is 0.0235. The number of carbonyl (C=O) groups is 1. The van der Waals surface area contributed by atoms with E-state index in [1.54, 1.807) is 4.90 Å². The molecular formula is C30H35F4N7O3. The number of H-pyrrole nitrogens is 1. The van der Waals surface area contributed by atoms with Crippen LogP contribution in [-0.4, -0.2) is 84.3 Å². The number of pyridine rings is 1. The topological polar surface area (TPSA) is 107 Å². The highest BCUT2D eigenvalue weighted by molar-refractivity contribution is 6.07. The Labute approximate surface area is 252 Å². The molecule has 0 saturated carbocycles. The van der Waals surface area contributed by atoms with Crippen molar-refractivity contribution < 1.29 is 27.1 Å². The first-order valence-corrected chi connectivity index (χ1v) is 14.4. The monoisotopic (exact) mass is 617 g/mol.